The van der Waals surface area contributed by atoms with E-state index in [-0.39, 0.29) is 11.5 Å². The Morgan fingerprint density at radius 3 is 2.95 bits per heavy atom. The molecule has 0 unspecified atom stereocenters. The van der Waals surface area contributed by atoms with Gasteiger partial charge in [0.05, 0.1) is 16.7 Å². The van der Waals surface area contributed by atoms with E-state index in [0.717, 1.165) is 0 Å². The molecule has 0 aliphatic heterocycles. The maximum atomic E-state index is 13.4. The van der Waals surface area contributed by atoms with Crippen LogP contribution in [0.25, 0.3) is 16.7 Å². The van der Waals surface area contributed by atoms with E-state index < -0.39 is 17.5 Å². The number of halogens is 1. The number of imidazole rings is 1. The molecule has 0 amide bonds. The third kappa shape index (κ3) is 1.69. The highest BCUT2D eigenvalue weighted by Gasteiger charge is 2.17. The van der Waals surface area contributed by atoms with Crippen LogP contribution in [-0.4, -0.2) is 25.6 Å². The number of nitrogens with one attached hydrogen (secondary N) is 1. The Morgan fingerprint density at radius 1 is 1.50 bits per heavy atom. The molecule has 2 aromatic heterocycles. The molecule has 3 rings (SSSR count). The van der Waals surface area contributed by atoms with Crippen molar-refractivity contribution in [3.8, 4) is 5.88 Å². The monoisotopic (exact) mass is 277 g/mol. The summed E-state index contributed by atoms with van der Waals surface area (Å²) in [5.74, 6) is -0.695. The second kappa shape index (κ2) is 4.05. The highest BCUT2D eigenvalue weighted by atomic mass is 19.1. The van der Waals surface area contributed by atoms with Gasteiger partial charge in [0.25, 0.3) is 5.56 Å². The quantitative estimate of drug-likeness (QED) is 0.659. The van der Waals surface area contributed by atoms with E-state index in [1.165, 1.54) is 29.5 Å². The molecule has 102 valence electrons. The van der Waals surface area contributed by atoms with Gasteiger partial charge in [0.15, 0.2) is 0 Å². The number of carboxylic acid groups (broad SMARTS) is 1. The summed E-state index contributed by atoms with van der Waals surface area (Å²) in [5.41, 5.74) is 0.490. The van der Waals surface area contributed by atoms with Gasteiger partial charge >= 0.3 is 6.16 Å². The molecular formula is C12H8FN3O4. The van der Waals surface area contributed by atoms with Crippen molar-refractivity contribution in [2.45, 2.75) is 6.92 Å². The number of H-pyrrole nitrogens is 1. The average molecular weight is 277 g/mol. The van der Waals surface area contributed by atoms with Crippen LogP contribution in [0.3, 0.4) is 0 Å². The Balaban J connectivity index is 2.47. The molecule has 0 bridgehead atoms. The van der Waals surface area contributed by atoms with E-state index in [9.17, 15) is 14.0 Å². The molecular weight excluding hydrogens is 269 g/mol. The number of ether oxygens (including phenoxy) is 1. The third-order valence-electron chi connectivity index (χ3n) is 2.90. The Labute approximate surface area is 110 Å². The standard InChI is InChI=1S/C12H8FN3O4/c1-5-11(20-12(18)19)15-9-10(17)14-7-3-2-6(13)4-8(7)16(5)9/h2-4H,1H3,(H,14,17)(H,18,19). The SMILES string of the molecule is Cc1c(OC(=O)O)nc2c(=O)[nH]c3ccc(F)cc3n12. The molecule has 0 aliphatic rings. The van der Waals surface area contributed by atoms with Gasteiger partial charge < -0.3 is 14.8 Å². The third-order valence-corrected chi connectivity index (χ3v) is 2.90. The number of hydrogen-bond acceptors (Lipinski definition) is 4. The number of fused-ring (bicyclic) bond motifs is 3. The van der Waals surface area contributed by atoms with Gasteiger partial charge in [0, 0.05) is 6.07 Å². The molecule has 2 heterocycles. The number of aromatic amines is 1. The van der Waals surface area contributed by atoms with Crippen LogP contribution in [-0.2, 0) is 0 Å². The second-order valence-corrected chi connectivity index (χ2v) is 4.14. The van der Waals surface area contributed by atoms with Crippen LogP contribution >= 0.6 is 0 Å². The molecule has 0 radical (unpaired) electrons. The summed E-state index contributed by atoms with van der Waals surface area (Å²) in [7, 11) is 0. The van der Waals surface area contributed by atoms with Gasteiger partial charge in [-0.1, -0.05) is 0 Å². The highest BCUT2D eigenvalue weighted by molar-refractivity contribution is 5.78. The molecule has 0 saturated carbocycles. The number of nitrogens with zero attached hydrogens (tertiary/aromatic N) is 2. The van der Waals surface area contributed by atoms with Crippen LogP contribution in [0.5, 0.6) is 5.88 Å². The number of rotatable bonds is 1. The Kier molecular flexibility index (Phi) is 2.46. The van der Waals surface area contributed by atoms with Crippen molar-refractivity contribution >= 4 is 22.8 Å². The van der Waals surface area contributed by atoms with Crippen molar-refractivity contribution in [3.05, 3.63) is 40.1 Å². The average Bonchev–Trinajstić information content (AvgIpc) is 2.69. The highest BCUT2D eigenvalue weighted by Crippen LogP contribution is 2.22. The van der Waals surface area contributed by atoms with Crippen molar-refractivity contribution in [1.82, 2.24) is 14.4 Å². The van der Waals surface area contributed by atoms with Gasteiger partial charge in [-0.25, -0.2) is 9.18 Å². The first-order valence-electron chi connectivity index (χ1n) is 5.59. The van der Waals surface area contributed by atoms with Crippen LogP contribution < -0.4 is 10.3 Å². The predicted octanol–water partition coefficient (Wildman–Crippen LogP) is 1.68. The number of carbonyl (C=O) groups is 1. The van der Waals surface area contributed by atoms with Crippen molar-refractivity contribution < 1.29 is 19.0 Å². The largest absolute Gasteiger partial charge is 0.512 e. The summed E-state index contributed by atoms with van der Waals surface area (Å²) in [6.07, 6.45) is -1.54. The molecule has 0 fully saturated rings. The summed E-state index contributed by atoms with van der Waals surface area (Å²) in [4.78, 5) is 28.8. The minimum absolute atomic E-state index is 0.0585. The van der Waals surface area contributed by atoms with Gasteiger partial charge in [-0.2, -0.15) is 4.98 Å². The lowest BCUT2D eigenvalue weighted by molar-refractivity contribution is 0.142. The van der Waals surface area contributed by atoms with Crippen LogP contribution in [0, 0.1) is 12.7 Å². The first kappa shape index (κ1) is 12.2. The summed E-state index contributed by atoms with van der Waals surface area (Å²) >= 11 is 0. The van der Waals surface area contributed by atoms with Crippen LogP contribution in [0.2, 0.25) is 0 Å². The van der Waals surface area contributed by atoms with E-state index >= 15 is 0 Å². The minimum Gasteiger partial charge on any atom is -0.449 e. The maximum absolute atomic E-state index is 13.4. The normalized spacial score (nSPS) is 11.1. The predicted molar refractivity (Wildman–Crippen MR) is 66.7 cm³/mol. The van der Waals surface area contributed by atoms with E-state index in [1.54, 1.807) is 0 Å². The van der Waals surface area contributed by atoms with Crippen molar-refractivity contribution in [1.29, 1.82) is 0 Å². The lowest BCUT2D eigenvalue weighted by Gasteiger charge is -2.03. The second-order valence-electron chi connectivity index (χ2n) is 4.14. The summed E-state index contributed by atoms with van der Waals surface area (Å²) in [6, 6.07) is 3.85. The zero-order valence-electron chi connectivity index (χ0n) is 10.2. The van der Waals surface area contributed by atoms with E-state index in [4.69, 9.17) is 5.11 Å². The number of aromatic nitrogens is 3. The summed E-state index contributed by atoms with van der Waals surface area (Å²) in [6.45, 7) is 1.53. The van der Waals surface area contributed by atoms with Gasteiger partial charge in [0.1, 0.15) is 5.82 Å². The van der Waals surface area contributed by atoms with E-state index in [0.29, 0.717) is 16.7 Å². The fraction of sp³-hybridized carbons (Fsp3) is 0.0833. The van der Waals surface area contributed by atoms with Crippen molar-refractivity contribution in [2.75, 3.05) is 0 Å². The molecule has 20 heavy (non-hydrogen) atoms. The van der Waals surface area contributed by atoms with Crippen molar-refractivity contribution in [3.63, 3.8) is 0 Å². The topological polar surface area (TPSA) is 96.7 Å². The number of benzene rings is 1. The molecule has 3 aromatic rings. The maximum Gasteiger partial charge on any atom is 0.512 e. The fourth-order valence-corrected chi connectivity index (χ4v) is 2.08. The van der Waals surface area contributed by atoms with Crippen LogP contribution in [0.15, 0.2) is 23.0 Å². The first-order valence-corrected chi connectivity index (χ1v) is 5.59. The lowest BCUT2D eigenvalue weighted by atomic mass is 10.3. The van der Waals surface area contributed by atoms with Crippen molar-refractivity contribution in [2.24, 2.45) is 0 Å². The van der Waals surface area contributed by atoms with Crippen LogP contribution in [0.4, 0.5) is 9.18 Å². The number of hydrogen-bond donors (Lipinski definition) is 2. The van der Waals surface area contributed by atoms with E-state index in [1.807, 2.05) is 0 Å². The molecule has 7 nitrogen and oxygen atoms in total. The lowest BCUT2D eigenvalue weighted by Crippen LogP contribution is -2.11. The van der Waals surface area contributed by atoms with Gasteiger partial charge in [-0.05, 0) is 19.1 Å². The molecule has 0 spiro atoms. The molecule has 0 aliphatic carbocycles. The zero-order valence-corrected chi connectivity index (χ0v) is 10.2. The van der Waals surface area contributed by atoms with Gasteiger partial charge in [0.2, 0.25) is 11.5 Å². The number of aryl methyl sites for hydroxylation is 1. The Hall–Kier alpha value is -2.90. The molecule has 2 N–H and O–H groups in total. The molecule has 0 saturated heterocycles. The summed E-state index contributed by atoms with van der Waals surface area (Å²) in [5, 5.41) is 8.63. The Bertz CT molecular complexity index is 912. The molecule has 1 aromatic carbocycles. The molecule has 8 heteroatoms. The summed E-state index contributed by atoms with van der Waals surface area (Å²) < 4.78 is 19.2. The van der Waals surface area contributed by atoms with Gasteiger partial charge in [-0.3, -0.25) is 9.20 Å². The van der Waals surface area contributed by atoms with Gasteiger partial charge in [-0.15, -0.1) is 0 Å². The minimum atomic E-state index is -1.54. The van der Waals surface area contributed by atoms with Crippen LogP contribution in [0.1, 0.15) is 5.69 Å². The fourth-order valence-electron chi connectivity index (χ4n) is 2.08. The Morgan fingerprint density at radius 2 is 2.25 bits per heavy atom. The zero-order chi connectivity index (χ0) is 14.4. The molecule has 0 atom stereocenters. The smallest absolute Gasteiger partial charge is 0.449 e. The van der Waals surface area contributed by atoms with E-state index in [2.05, 4.69) is 14.7 Å². The first-order chi connectivity index (χ1) is 9.47.